The SMILES string of the molecule is Fc1cccc(F)c1NCCSc1ccccc1. The van der Waals surface area contributed by atoms with E-state index in [9.17, 15) is 8.78 Å². The van der Waals surface area contributed by atoms with E-state index in [1.165, 1.54) is 18.2 Å². The number of hydrogen-bond acceptors (Lipinski definition) is 2. The zero-order valence-corrected chi connectivity index (χ0v) is 10.5. The molecule has 0 heterocycles. The largest absolute Gasteiger partial charge is 0.379 e. The van der Waals surface area contributed by atoms with E-state index in [1.807, 2.05) is 30.3 Å². The number of anilines is 1. The summed E-state index contributed by atoms with van der Waals surface area (Å²) in [5, 5.41) is 2.78. The number of rotatable bonds is 5. The van der Waals surface area contributed by atoms with Gasteiger partial charge in [-0.15, -0.1) is 11.8 Å². The molecule has 0 bridgehead atoms. The average molecular weight is 265 g/mol. The number of thioether (sulfide) groups is 1. The monoisotopic (exact) mass is 265 g/mol. The second-order valence-corrected chi connectivity index (χ2v) is 4.85. The highest BCUT2D eigenvalue weighted by molar-refractivity contribution is 7.99. The van der Waals surface area contributed by atoms with E-state index in [0.29, 0.717) is 6.54 Å². The maximum absolute atomic E-state index is 13.3. The number of para-hydroxylation sites is 1. The van der Waals surface area contributed by atoms with Crippen molar-refractivity contribution in [1.29, 1.82) is 0 Å². The van der Waals surface area contributed by atoms with E-state index in [4.69, 9.17) is 0 Å². The first-order valence-corrected chi connectivity index (χ1v) is 6.61. The Balaban J connectivity index is 1.82. The van der Waals surface area contributed by atoms with Gasteiger partial charge in [-0.3, -0.25) is 0 Å². The van der Waals surface area contributed by atoms with Crippen LogP contribution in [0.1, 0.15) is 0 Å². The number of nitrogens with one attached hydrogen (secondary N) is 1. The van der Waals surface area contributed by atoms with Crippen molar-refractivity contribution in [2.75, 3.05) is 17.6 Å². The van der Waals surface area contributed by atoms with Crippen LogP contribution in [0.15, 0.2) is 53.4 Å². The molecule has 0 radical (unpaired) electrons. The molecule has 0 unspecified atom stereocenters. The van der Waals surface area contributed by atoms with Gasteiger partial charge in [-0.25, -0.2) is 8.78 Å². The molecule has 94 valence electrons. The van der Waals surface area contributed by atoms with Crippen molar-refractivity contribution < 1.29 is 8.78 Å². The molecule has 1 nitrogen and oxygen atoms in total. The smallest absolute Gasteiger partial charge is 0.149 e. The van der Waals surface area contributed by atoms with E-state index in [0.717, 1.165) is 10.6 Å². The third kappa shape index (κ3) is 3.47. The lowest BCUT2D eigenvalue weighted by atomic mass is 10.3. The van der Waals surface area contributed by atoms with E-state index in [-0.39, 0.29) is 5.69 Å². The Labute approximate surface area is 109 Å². The summed E-state index contributed by atoms with van der Waals surface area (Å²) in [6.45, 7) is 0.511. The fourth-order valence-corrected chi connectivity index (χ4v) is 2.32. The van der Waals surface area contributed by atoms with Gasteiger partial charge in [0.25, 0.3) is 0 Å². The van der Waals surface area contributed by atoms with Crippen molar-refractivity contribution in [2.24, 2.45) is 0 Å². The molecule has 0 aromatic heterocycles. The molecule has 2 aromatic carbocycles. The molecular weight excluding hydrogens is 252 g/mol. The first-order valence-electron chi connectivity index (χ1n) is 5.63. The molecule has 0 aliphatic carbocycles. The standard InChI is InChI=1S/C14H13F2NS/c15-12-7-4-8-13(16)14(12)17-9-10-18-11-5-2-1-3-6-11/h1-8,17H,9-10H2. The van der Waals surface area contributed by atoms with Crippen LogP contribution in [0, 0.1) is 11.6 Å². The van der Waals surface area contributed by atoms with E-state index in [2.05, 4.69) is 5.32 Å². The summed E-state index contributed by atoms with van der Waals surface area (Å²) in [6.07, 6.45) is 0. The topological polar surface area (TPSA) is 12.0 Å². The van der Waals surface area contributed by atoms with E-state index >= 15 is 0 Å². The van der Waals surface area contributed by atoms with Gasteiger partial charge in [0, 0.05) is 17.2 Å². The Kier molecular flexibility index (Phi) is 4.59. The summed E-state index contributed by atoms with van der Waals surface area (Å²) in [5.74, 6) is -0.364. The van der Waals surface area contributed by atoms with E-state index < -0.39 is 11.6 Å². The Morgan fingerprint density at radius 1 is 0.889 bits per heavy atom. The maximum atomic E-state index is 13.3. The molecular formula is C14H13F2NS. The lowest BCUT2D eigenvalue weighted by Gasteiger charge is -2.08. The maximum Gasteiger partial charge on any atom is 0.149 e. The first-order chi connectivity index (χ1) is 8.77. The molecule has 2 aromatic rings. The fourth-order valence-electron chi connectivity index (χ4n) is 1.53. The Morgan fingerprint density at radius 2 is 1.56 bits per heavy atom. The second kappa shape index (κ2) is 6.40. The number of halogens is 2. The molecule has 0 saturated carbocycles. The number of benzene rings is 2. The van der Waals surface area contributed by atoms with E-state index in [1.54, 1.807) is 11.8 Å². The summed E-state index contributed by atoms with van der Waals surface area (Å²) in [6, 6.07) is 13.7. The second-order valence-electron chi connectivity index (χ2n) is 3.68. The minimum absolute atomic E-state index is 0.0499. The van der Waals surface area contributed by atoms with Crippen LogP contribution in [0.4, 0.5) is 14.5 Å². The fraction of sp³-hybridized carbons (Fsp3) is 0.143. The Morgan fingerprint density at radius 3 is 2.22 bits per heavy atom. The third-order valence-electron chi connectivity index (χ3n) is 2.38. The third-order valence-corrected chi connectivity index (χ3v) is 3.39. The van der Waals surface area contributed by atoms with Crippen molar-refractivity contribution in [3.05, 3.63) is 60.2 Å². The van der Waals surface area contributed by atoms with Gasteiger partial charge >= 0.3 is 0 Å². The van der Waals surface area contributed by atoms with Gasteiger partial charge < -0.3 is 5.32 Å². The van der Waals surface area contributed by atoms with Crippen LogP contribution in [0.3, 0.4) is 0 Å². The predicted molar refractivity (Wildman–Crippen MR) is 72.0 cm³/mol. The lowest BCUT2D eigenvalue weighted by molar-refractivity contribution is 0.589. The Bertz CT molecular complexity index is 482. The quantitative estimate of drug-likeness (QED) is 0.643. The minimum Gasteiger partial charge on any atom is -0.379 e. The van der Waals surface area contributed by atoms with Crippen molar-refractivity contribution in [1.82, 2.24) is 0 Å². The number of hydrogen-bond donors (Lipinski definition) is 1. The van der Waals surface area contributed by atoms with Crippen LogP contribution in [-0.2, 0) is 0 Å². The van der Waals surface area contributed by atoms with Crippen LogP contribution in [0.5, 0.6) is 0 Å². The van der Waals surface area contributed by atoms with Crippen LogP contribution >= 0.6 is 11.8 Å². The van der Waals surface area contributed by atoms with Crippen molar-refractivity contribution in [3.63, 3.8) is 0 Å². The molecule has 0 aliphatic rings. The zero-order valence-electron chi connectivity index (χ0n) is 9.70. The molecule has 0 fully saturated rings. The van der Waals surface area contributed by atoms with Crippen molar-refractivity contribution in [3.8, 4) is 0 Å². The first kappa shape index (κ1) is 12.9. The average Bonchev–Trinajstić information content (AvgIpc) is 2.38. The molecule has 0 amide bonds. The van der Waals surface area contributed by atoms with Crippen LogP contribution in [0.25, 0.3) is 0 Å². The normalized spacial score (nSPS) is 10.3. The summed E-state index contributed by atoms with van der Waals surface area (Å²) in [5.41, 5.74) is -0.0499. The summed E-state index contributed by atoms with van der Waals surface area (Å²) >= 11 is 1.64. The van der Waals surface area contributed by atoms with Gasteiger partial charge in [-0.05, 0) is 24.3 Å². The molecule has 2 rings (SSSR count). The van der Waals surface area contributed by atoms with Gasteiger partial charge in [0.15, 0.2) is 0 Å². The molecule has 0 aliphatic heterocycles. The highest BCUT2D eigenvalue weighted by Gasteiger charge is 2.06. The zero-order chi connectivity index (χ0) is 12.8. The summed E-state index contributed by atoms with van der Waals surface area (Å²) in [4.78, 5) is 1.15. The van der Waals surface area contributed by atoms with Crippen LogP contribution in [-0.4, -0.2) is 12.3 Å². The molecule has 4 heteroatoms. The highest BCUT2D eigenvalue weighted by Crippen LogP contribution is 2.19. The Hall–Kier alpha value is -1.55. The van der Waals surface area contributed by atoms with Gasteiger partial charge in [-0.1, -0.05) is 24.3 Å². The molecule has 0 atom stereocenters. The van der Waals surface area contributed by atoms with Crippen molar-refractivity contribution in [2.45, 2.75) is 4.90 Å². The highest BCUT2D eigenvalue weighted by atomic mass is 32.2. The van der Waals surface area contributed by atoms with Crippen LogP contribution < -0.4 is 5.32 Å². The van der Waals surface area contributed by atoms with Crippen molar-refractivity contribution >= 4 is 17.4 Å². The van der Waals surface area contributed by atoms with Gasteiger partial charge in [0.2, 0.25) is 0 Å². The van der Waals surface area contributed by atoms with Crippen LogP contribution in [0.2, 0.25) is 0 Å². The predicted octanol–water partition coefficient (Wildman–Crippen LogP) is 4.17. The lowest BCUT2D eigenvalue weighted by Crippen LogP contribution is -2.07. The summed E-state index contributed by atoms with van der Waals surface area (Å²) in [7, 11) is 0. The molecule has 0 saturated heterocycles. The molecule has 1 N–H and O–H groups in total. The summed E-state index contributed by atoms with van der Waals surface area (Å²) < 4.78 is 26.6. The minimum atomic E-state index is -0.556. The molecule has 18 heavy (non-hydrogen) atoms. The van der Waals surface area contributed by atoms with Gasteiger partial charge in [0.1, 0.15) is 17.3 Å². The van der Waals surface area contributed by atoms with Gasteiger partial charge in [0.05, 0.1) is 0 Å². The molecule has 0 spiro atoms. The van der Waals surface area contributed by atoms with Gasteiger partial charge in [-0.2, -0.15) is 0 Å².